The molecule has 0 fully saturated rings. The summed E-state index contributed by atoms with van der Waals surface area (Å²) >= 11 is 0. The highest BCUT2D eigenvalue weighted by Gasteiger charge is 2.30. The van der Waals surface area contributed by atoms with E-state index in [2.05, 4.69) is 10.6 Å². The van der Waals surface area contributed by atoms with Gasteiger partial charge in [-0.25, -0.2) is 4.79 Å². The van der Waals surface area contributed by atoms with Crippen LogP contribution < -0.4 is 10.6 Å². The highest BCUT2D eigenvalue weighted by molar-refractivity contribution is 6.00. The number of ether oxygens (including phenoxy) is 1. The first kappa shape index (κ1) is 23.8. The predicted molar refractivity (Wildman–Crippen MR) is 120 cm³/mol. The van der Waals surface area contributed by atoms with Crippen LogP contribution in [0.25, 0.3) is 0 Å². The Bertz CT molecular complexity index is 1130. The maximum atomic E-state index is 13.0. The molecule has 0 aliphatic heterocycles. The summed E-state index contributed by atoms with van der Waals surface area (Å²) in [6.45, 7) is 3.46. The molecule has 2 N–H and O–H groups in total. The molecule has 3 aromatic rings. The molecule has 0 unspecified atom stereocenters. The molecule has 0 aliphatic rings. The second-order valence-corrected chi connectivity index (χ2v) is 7.34. The molecule has 3 aromatic carbocycles. The van der Waals surface area contributed by atoms with Crippen LogP contribution in [0.4, 0.5) is 30.2 Å². The van der Waals surface area contributed by atoms with Crippen molar-refractivity contribution < 1.29 is 27.5 Å². The molecule has 33 heavy (non-hydrogen) atoms. The van der Waals surface area contributed by atoms with Gasteiger partial charge in [0.05, 0.1) is 16.8 Å². The first-order valence-electron chi connectivity index (χ1n) is 10.3. The molecule has 1 atom stereocenters. The summed E-state index contributed by atoms with van der Waals surface area (Å²) < 4.78 is 44.3. The number of esters is 1. The molecule has 3 rings (SSSR count). The summed E-state index contributed by atoms with van der Waals surface area (Å²) in [5.41, 5.74) is 1.38. The number of aryl methyl sites for hydroxylation is 1. The van der Waals surface area contributed by atoms with Crippen molar-refractivity contribution in [1.29, 1.82) is 0 Å². The Kier molecular flexibility index (Phi) is 7.37. The van der Waals surface area contributed by atoms with Crippen molar-refractivity contribution in [3.63, 3.8) is 0 Å². The van der Waals surface area contributed by atoms with Crippen LogP contribution in [0.15, 0.2) is 72.8 Å². The average Bonchev–Trinajstić information content (AvgIpc) is 2.79. The van der Waals surface area contributed by atoms with E-state index in [1.54, 1.807) is 24.3 Å². The van der Waals surface area contributed by atoms with Gasteiger partial charge in [-0.3, -0.25) is 4.79 Å². The monoisotopic (exact) mass is 456 g/mol. The third-order valence-corrected chi connectivity index (χ3v) is 4.90. The number of carbonyl (C=O) groups is 2. The summed E-state index contributed by atoms with van der Waals surface area (Å²) in [5, 5.41) is 5.50. The van der Waals surface area contributed by atoms with Gasteiger partial charge < -0.3 is 15.4 Å². The lowest BCUT2D eigenvalue weighted by Crippen LogP contribution is -2.30. The smallest absolute Gasteiger partial charge is 0.416 e. The summed E-state index contributed by atoms with van der Waals surface area (Å²) in [4.78, 5) is 25.1. The molecular formula is C25H23F3N2O3. The van der Waals surface area contributed by atoms with Crippen LogP contribution in [0.2, 0.25) is 0 Å². The minimum atomic E-state index is -4.49. The van der Waals surface area contributed by atoms with Crippen LogP contribution in [0.1, 0.15) is 35.3 Å². The number of carbonyl (C=O) groups excluding carboxylic acids is 2. The standard InChI is InChI=1S/C25H23F3N2O3/c1-3-17-11-13-19(14-12-17)30-23(31)16(2)33-24(32)21-9-4-5-10-22(21)29-20-8-6-7-18(15-20)25(26,27)28/h4-16,29H,3H2,1-2H3,(H,30,31)/t16-/m0/s1. The predicted octanol–water partition coefficient (Wildman–Crippen LogP) is 6.20. The Morgan fingerprint density at radius 2 is 1.64 bits per heavy atom. The van der Waals surface area contributed by atoms with Crippen molar-refractivity contribution in [3.8, 4) is 0 Å². The maximum Gasteiger partial charge on any atom is 0.416 e. The van der Waals surface area contributed by atoms with E-state index >= 15 is 0 Å². The summed E-state index contributed by atoms with van der Waals surface area (Å²) in [6.07, 6.45) is -4.71. The number of nitrogens with one attached hydrogen (secondary N) is 2. The van der Waals surface area contributed by atoms with Crippen molar-refractivity contribution in [3.05, 3.63) is 89.5 Å². The lowest BCUT2D eigenvalue weighted by molar-refractivity contribution is -0.137. The van der Waals surface area contributed by atoms with Crippen LogP contribution in [0.5, 0.6) is 0 Å². The second-order valence-electron chi connectivity index (χ2n) is 7.34. The molecule has 0 radical (unpaired) electrons. The highest BCUT2D eigenvalue weighted by Crippen LogP contribution is 2.32. The van der Waals surface area contributed by atoms with E-state index in [4.69, 9.17) is 4.74 Å². The van der Waals surface area contributed by atoms with Crippen molar-refractivity contribution >= 4 is 28.9 Å². The lowest BCUT2D eigenvalue weighted by atomic mass is 10.1. The van der Waals surface area contributed by atoms with Gasteiger partial charge in [-0.2, -0.15) is 13.2 Å². The van der Waals surface area contributed by atoms with Crippen molar-refractivity contribution in [2.45, 2.75) is 32.5 Å². The van der Waals surface area contributed by atoms with Gasteiger partial charge in [0, 0.05) is 11.4 Å². The Morgan fingerprint density at radius 1 is 0.939 bits per heavy atom. The topological polar surface area (TPSA) is 67.4 Å². The number of anilines is 3. The van der Waals surface area contributed by atoms with E-state index in [-0.39, 0.29) is 16.9 Å². The van der Waals surface area contributed by atoms with Crippen LogP contribution in [0.3, 0.4) is 0 Å². The molecular weight excluding hydrogens is 433 g/mol. The second kappa shape index (κ2) is 10.2. The summed E-state index contributed by atoms with van der Waals surface area (Å²) in [7, 11) is 0. The molecule has 5 nitrogen and oxygen atoms in total. The van der Waals surface area contributed by atoms with Crippen LogP contribution in [-0.4, -0.2) is 18.0 Å². The molecule has 0 spiro atoms. The number of hydrogen-bond donors (Lipinski definition) is 2. The number of rotatable bonds is 7. The van der Waals surface area contributed by atoms with Crippen molar-refractivity contribution in [1.82, 2.24) is 0 Å². The fourth-order valence-corrected chi connectivity index (χ4v) is 3.04. The lowest BCUT2D eigenvalue weighted by Gasteiger charge is -2.16. The summed E-state index contributed by atoms with van der Waals surface area (Å²) in [6, 6.07) is 18.2. The van der Waals surface area contributed by atoms with Crippen LogP contribution in [0, 0.1) is 0 Å². The Morgan fingerprint density at radius 3 is 2.30 bits per heavy atom. The van der Waals surface area contributed by atoms with Gasteiger partial charge in [-0.05, 0) is 61.4 Å². The first-order chi connectivity index (χ1) is 15.7. The van der Waals surface area contributed by atoms with E-state index in [1.807, 2.05) is 19.1 Å². The molecule has 0 aliphatic carbocycles. The summed E-state index contributed by atoms with van der Waals surface area (Å²) in [5.74, 6) is -1.29. The Balaban J connectivity index is 1.69. The number of amides is 1. The van der Waals surface area contributed by atoms with E-state index in [9.17, 15) is 22.8 Å². The molecule has 0 bridgehead atoms. The number of hydrogen-bond acceptors (Lipinski definition) is 4. The third-order valence-electron chi connectivity index (χ3n) is 4.90. The molecule has 0 saturated carbocycles. The van der Waals surface area contributed by atoms with E-state index < -0.39 is 29.7 Å². The van der Waals surface area contributed by atoms with Gasteiger partial charge in [0.25, 0.3) is 5.91 Å². The number of benzene rings is 3. The molecule has 0 heterocycles. The third kappa shape index (κ3) is 6.35. The molecule has 1 amide bonds. The molecule has 8 heteroatoms. The normalized spacial score (nSPS) is 12.0. The number of halogens is 3. The Hall–Kier alpha value is -3.81. The van der Waals surface area contributed by atoms with Gasteiger partial charge in [0.15, 0.2) is 6.10 Å². The zero-order valence-corrected chi connectivity index (χ0v) is 18.1. The minimum absolute atomic E-state index is 0.0851. The highest BCUT2D eigenvalue weighted by atomic mass is 19.4. The zero-order valence-electron chi connectivity index (χ0n) is 18.1. The fraction of sp³-hybridized carbons (Fsp3) is 0.200. The van der Waals surface area contributed by atoms with Crippen molar-refractivity contribution in [2.75, 3.05) is 10.6 Å². The fourth-order valence-electron chi connectivity index (χ4n) is 3.04. The van der Waals surface area contributed by atoms with Gasteiger partial charge >= 0.3 is 12.1 Å². The molecule has 0 aromatic heterocycles. The van der Waals surface area contributed by atoms with Crippen molar-refractivity contribution in [2.24, 2.45) is 0 Å². The van der Waals surface area contributed by atoms with Crippen LogP contribution >= 0.6 is 0 Å². The Labute approximate surface area is 189 Å². The zero-order chi connectivity index (χ0) is 24.0. The van der Waals surface area contributed by atoms with Gasteiger partial charge in [0.1, 0.15) is 0 Å². The van der Waals surface area contributed by atoms with Gasteiger partial charge in [-0.15, -0.1) is 0 Å². The average molecular weight is 456 g/mol. The largest absolute Gasteiger partial charge is 0.449 e. The quantitative estimate of drug-likeness (QED) is 0.416. The molecule has 172 valence electrons. The van der Waals surface area contributed by atoms with E-state index in [0.29, 0.717) is 5.69 Å². The number of alkyl halides is 3. The first-order valence-corrected chi connectivity index (χ1v) is 10.3. The molecule has 0 saturated heterocycles. The van der Waals surface area contributed by atoms with Gasteiger partial charge in [0.2, 0.25) is 0 Å². The van der Waals surface area contributed by atoms with Gasteiger partial charge in [-0.1, -0.05) is 37.3 Å². The minimum Gasteiger partial charge on any atom is -0.449 e. The van der Waals surface area contributed by atoms with E-state index in [1.165, 1.54) is 31.2 Å². The maximum absolute atomic E-state index is 13.0. The SMILES string of the molecule is CCc1ccc(NC(=O)[C@H](C)OC(=O)c2ccccc2Nc2cccc(C(F)(F)F)c2)cc1. The number of para-hydroxylation sites is 1. The van der Waals surface area contributed by atoms with E-state index in [0.717, 1.165) is 24.1 Å². The van der Waals surface area contributed by atoms with Crippen LogP contribution in [-0.2, 0) is 22.1 Å².